The standard InChI is InChI=1S/CHClO.CH2O2/c2*2-1-3/h1H;1H,(H,2,3). The highest BCUT2D eigenvalue weighted by molar-refractivity contribution is 6.54. The molecule has 0 amide bonds. The van der Waals surface area contributed by atoms with Crippen molar-refractivity contribution in [1.29, 1.82) is 0 Å². The van der Waals surface area contributed by atoms with Crippen LogP contribution in [0.1, 0.15) is 0 Å². The third-order valence-corrected chi connectivity index (χ3v) is 0. The lowest BCUT2D eigenvalue weighted by Gasteiger charge is -1.34. The van der Waals surface area contributed by atoms with E-state index in [9.17, 15) is 0 Å². The largest absolute Gasteiger partial charge is 0.483 e. The van der Waals surface area contributed by atoms with Crippen LogP contribution in [0.2, 0.25) is 0 Å². The van der Waals surface area contributed by atoms with Gasteiger partial charge in [0.25, 0.3) is 6.47 Å². The average molecular weight is 110 g/mol. The van der Waals surface area contributed by atoms with Crippen molar-refractivity contribution in [1.82, 2.24) is 0 Å². The van der Waals surface area contributed by atoms with E-state index < -0.39 is 0 Å². The van der Waals surface area contributed by atoms with Crippen molar-refractivity contribution in [2.75, 3.05) is 0 Å². The third-order valence-electron chi connectivity index (χ3n) is 0. The minimum absolute atomic E-state index is 0.222. The van der Waals surface area contributed by atoms with Crippen LogP contribution in [0.3, 0.4) is 0 Å². The maximum atomic E-state index is 8.57. The Hall–Kier alpha value is -0.570. The van der Waals surface area contributed by atoms with Crippen molar-refractivity contribution in [3.8, 4) is 0 Å². The monoisotopic (exact) mass is 110 g/mol. The topological polar surface area (TPSA) is 54.4 Å². The predicted octanol–water partition coefficient (Wildman–Crippen LogP) is 0.116. The van der Waals surface area contributed by atoms with Crippen LogP contribution in [0.15, 0.2) is 0 Å². The summed E-state index contributed by atoms with van der Waals surface area (Å²) in [7, 11) is 0. The SMILES string of the molecule is O=CCl.O=CO. The fourth-order valence-electron chi connectivity index (χ4n) is 0. The second-order valence-electron chi connectivity index (χ2n) is 0.194. The summed E-state index contributed by atoms with van der Waals surface area (Å²) >= 11 is 4.32. The fourth-order valence-corrected chi connectivity index (χ4v) is 0. The van der Waals surface area contributed by atoms with E-state index in [0.29, 0.717) is 0 Å². The Balaban J connectivity index is 0. The summed E-state index contributed by atoms with van der Waals surface area (Å²) in [4.78, 5) is 16.9. The second-order valence-corrected chi connectivity index (χ2v) is 0.373. The van der Waals surface area contributed by atoms with Crippen LogP contribution in [0.25, 0.3) is 0 Å². The zero-order valence-corrected chi connectivity index (χ0v) is 3.55. The molecule has 4 heteroatoms. The molecule has 3 nitrogen and oxygen atoms in total. The van der Waals surface area contributed by atoms with Crippen LogP contribution in [0.4, 0.5) is 0 Å². The van der Waals surface area contributed by atoms with E-state index in [1.807, 2.05) is 0 Å². The molecule has 0 aromatic carbocycles. The fraction of sp³-hybridized carbons (Fsp3) is 0. The Morgan fingerprint density at radius 2 is 1.50 bits per heavy atom. The van der Waals surface area contributed by atoms with Gasteiger partial charge in [-0.15, -0.1) is 0 Å². The summed E-state index contributed by atoms with van der Waals surface area (Å²) < 4.78 is 0. The van der Waals surface area contributed by atoms with Crippen molar-refractivity contribution < 1.29 is 14.7 Å². The molecule has 6 heavy (non-hydrogen) atoms. The van der Waals surface area contributed by atoms with Crippen molar-refractivity contribution in [3.63, 3.8) is 0 Å². The minimum Gasteiger partial charge on any atom is -0.483 e. The molecule has 0 radical (unpaired) electrons. The first-order valence-electron chi connectivity index (χ1n) is 0.948. The lowest BCUT2D eigenvalue weighted by atomic mass is 11.7. The van der Waals surface area contributed by atoms with E-state index in [1.165, 1.54) is 0 Å². The Kier molecular flexibility index (Phi) is 38.5. The molecule has 0 aromatic heterocycles. The summed E-state index contributed by atoms with van der Waals surface area (Å²) in [6.07, 6.45) is 0. The summed E-state index contributed by atoms with van der Waals surface area (Å²) in [5.41, 5.74) is 0. The zero-order valence-electron chi connectivity index (χ0n) is 2.80. The van der Waals surface area contributed by atoms with Gasteiger partial charge < -0.3 is 5.11 Å². The molecule has 36 valence electrons. The molecule has 0 fully saturated rings. The summed E-state index contributed by atoms with van der Waals surface area (Å²) in [6, 6.07) is 0. The number of carbonyl (C=O) groups excluding carboxylic acids is 1. The molecule has 0 saturated heterocycles. The molecule has 0 aliphatic rings. The molecular formula is C2H3ClO3. The van der Waals surface area contributed by atoms with Gasteiger partial charge in [0, 0.05) is 0 Å². The maximum Gasteiger partial charge on any atom is 0.290 e. The summed E-state index contributed by atoms with van der Waals surface area (Å²) in [6.45, 7) is -0.250. The van der Waals surface area contributed by atoms with Crippen molar-refractivity contribution in [2.24, 2.45) is 0 Å². The number of hydrogen-bond donors (Lipinski definition) is 1. The Labute approximate surface area is 39.5 Å². The first-order chi connectivity index (χ1) is 2.83. The molecule has 0 spiro atoms. The van der Waals surface area contributed by atoms with Crippen LogP contribution in [-0.4, -0.2) is 17.3 Å². The van der Waals surface area contributed by atoms with Crippen LogP contribution < -0.4 is 0 Å². The molecule has 0 saturated carbocycles. The van der Waals surface area contributed by atoms with Crippen LogP contribution in [0, 0.1) is 0 Å². The van der Waals surface area contributed by atoms with E-state index in [4.69, 9.17) is 14.7 Å². The Morgan fingerprint density at radius 1 is 1.50 bits per heavy atom. The molecule has 0 bridgehead atoms. The number of halogens is 1. The lowest BCUT2D eigenvalue weighted by Crippen LogP contribution is -1.49. The van der Waals surface area contributed by atoms with Gasteiger partial charge in [-0.25, -0.2) is 0 Å². The Bertz CT molecular complexity index is 29.8. The van der Waals surface area contributed by atoms with Gasteiger partial charge >= 0.3 is 0 Å². The van der Waals surface area contributed by atoms with E-state index in [2.05, 4.69) is 11.6 Å². The number of carboxylic acid groups (broad SMARTS) is 1. The highest BCUT2D eigenvalue weighted by atomic mass is 35.5. The van der Waals surface area contributed by atoms with E-state index in [1.54, 1.807) is 0 Å². The smallest absolute Gasteiger partial charge is 0.290 e. The molecule has 0 unspecified atom stereocenters. The van der Waals surface area contributed by atoms with Crippen LogP contribution in [0.5, 0.6) is 0 Å². The van der Waals surface area contributed by atoms with Crippen molar-refractivity contribution >= 4 is 23.8 Å². The molecule has 0 aromatic rings. The van der Waals surface area contributed by atoms with Crippen molar-refractivity contribution in [3.05, 3.63) is 0 Å². The van der Waals surface area contributed by atoms with Gasteiger partial charge in [0.1, 0.15) is 0 Å². The lowest BCUT2D eigenvalue weighted by molar-refractivity contribution is -0.122. The van der Waals surface area contributed by atoms with Gasteiger partial charge in [0.05, 0.1) is 0 Å². The first kappa shape index (κ1) is 9.06. The van der Waals surface area contributed by atoms with Gasteiger partial charge in [0.15, 0.2) is 0 Å². The second kappa shape index (κ2) is 25.5. The molecule has 0 atom stereocenters. The van der Waals surface area contributed by atoms with E-state index >= 15 is 0 Å². The first-order valence-corrected chi connectivity index (χ1v) is 1.38. The van der Waals surface area contributed by atoms with Gasteiger partial charge in [-0.1, -0.05) is 0 Å². The van der Waals surface area contributed by atoms with Gasteiger partial charge in [-0.3, -0.25) is 9.59 Å². The normalized spacial score (nSPS) is 4.17. The molecule has 1 N–H and O–H groups in total. The number of carbonyl (C=O) groups is 2. The average Bonchev–Trinajstić information content (AvgIpc) is 1.39. The zero-order chi connectivity index (χ0) is 5.41. The van der Waals surface area contributed by atoms with Gasteiger partial charge in [-0.2, -0.15) is 0 Å². The molecule has 0 aliphatic carbocycles. The Morgan fingerprint density at radius 3 is 1.50 bits per heavy atom. The third kappa shape index (κ3) is 62.3. The quantitative estimate of drug-likeness (QED) is 0.356. The highest BCUT2D eigenvalue weighted by Gasteiger charge is 1.28. The van der Waals surface area contributed by atoms with E-state index in [0.717, 1.165) is 0 Å². The molecular weight excluding hydrogens is 107 g/mol. The summed E-state index contributed by atoms with van der Waals surface area (Å²) in [5, 5.41) is 6.89. The molecule has 0 rings (SSSR count). The van der Waals surface area contributed by atoms with Gasteiger partial charge in [0.2, 0.25) is 5.75 Å². The maximum absolute atomic E-state index is 8.57. The van der Waals surface area contributed by atoms with E-state index in [-0.39, 0.29) is 12.2 Å². The number of rotatable bonds is 0. The minimum atomic E-state index is -0.250. The van der Waals surface area contributed by atoms with Gasteiger partial charge in [-0.05, 0) is 11.6 Å². The van der Waals surface area contributed by atoms with Crippen LogP contribution >= 0.6 is 11.6 Å². The van der Waals surface area contributed by atoms with Crippen LogP contribution in [-0.2, 0) is 9.59 Å². The number of hydrogen-bond acceptors (Lipinski definition) is 2. The summed E-state index contributed by atoms with van der Waals surface area (Å²) in [5.74, 6) is 0.222. The highest BCUT2D eigenvalue weighted by Crippen LogP contribution is 1.42. The molecule has 0 heterocycles. The molecule has 0 aliphatic heterocycles. The predicted molar refractivity (Wildman–Crippen MR) is 21.3 cm³/mol. The van der Waals surface area contributed by atoms with Crippen molar-refractivity contribution in [2.45, 2.75) is 0 Å².